The monoisotopic (exact) mass is 386 g/mol. The molecule has 0 bridgehead atoms. The largest absolute Gasteiger partial charge is 0.365 e. The van der Waals surface area contributed by atoms with E-state index < -0.39 is 15.8 Å². The fraction of sp³-hybridized carbons (Fsp3) is 0.158. The molecule has 0 unspecified atom stereocenters. The van der Waals surface area contributed by atoms with Gasteiger partial charge in [-0.2, -0.15) is 0 Å². The lowest BCUT2D eigenvalue weighted by Gasteiger charge is -2.09. The predicted molar refractivity (Wildman–Crippen MR) is 102 cm³/mol. The summed E-state index contributed by atoms with van der Waals surface area (Å²) in [6.45, 7) is 4.10. The van der Waals surface area contributed by atoms with Crippen molar-refractivity contribution in [1.82, 2.24) is 10.2 Å². The number of nitrogens with zero attached hydrogens (tertiary/aromatic N) is 2. The standard InChI is InChI=1S/C19H19FN4O2S/c1-13-4-3-5-15(10-13)12-21-18-8-9-19(23-22-18)24-27(25,26)16-6-7-17(20)14(2)11-16/h3-11H,12H2,1-2H3,(H,21,22)(H,23,24). The maximum Gasteiger partial charge on any atom is 0.263 e. The third kappa shape index (κ3) is 4.79. The Kier molecular flexibility index (Phi) is 5.36. The number of aryl methyl sites for hydroxylation is 2. The molecule has 0 aliphatic carbocycles. The van der Waals surface area contributed by atoms with Crippen LogP contribution in [0.25, 0.3) is 0 Å². The van der Waals surface area contributed by atoms with Gasteiger partial charge < -0.3 is 5.32 Å². The summed E-state index contributed by atoms with van der Waals surface area (Å²) in [6, 6.07) is 14.8. The van der Waals surface area contributed by atoms with Crippen molar-refractivity contribution in [3.63, 3.8) is 0 Å². The quantitative estimate of drug-likeness (QED) is 0.676. The zero-order valence-electron chi connectivity index (χ0n) is 14.9. The maximum atomic E-state index is 13.3. The molecule has 0 aliphatic rings. The third-order valence-corrected chi connectivity index (χ3v) is 5.25. The number of hydrogen-bond donors (Lipinski definition) is 2. The number of aromatic nitrogens is 2. The molecular weight excluding hydrogens is 367 g/mol. The van der Waals surface area contributed by atoms with E-state index in [0.717, 1.165) is 11.6 Å². The fourth-order valence-corrected chi connectivity index (χ4v) is 3.56. The Labute approximate surface area is 157 Å². The van der Waals surface area contributed by atoms with Gasteiger partial charge in [0.1, 0.15) is 11.6 Å². The second-order valence-electron chi connectivity index (χ2n) is 6.16. The molecule has 0 aliphatic heterocycles. The first kappa shape index (κ1) is 18.8. The van der Waals surface area contributed by atoms with Gasteiger partial charge in [0, 0.05) is 6.54 Å². The summed E-state index contributed by atoms with van der Waals surface area (Å²) in [5, 5.41) is 11.0. The molecule has 0 fully saturated rings. The van der Waals surface area contributed by atoms with Crippen LogP contribution in [0.3, 0.4) is 0 Å². The summed E-state index contributed by atoms with van der Waals surface area (Å²) in [7, 11) is -3.87. The molecule has 3 rings (SSSR count). The molecule has 6 nitrogen and oxygen atoms in total. The van der Waals surface area contributed by atoms with Gasteiger partial charge in [-0.05, 0) is 55.3 Å². The van der Waals surface area contributed by atoms with E-state index in [9.17, 15) is 12.8 Å². The summed E-state index contributed by atoms with van der Waals surface area (Å²) in [4.78, 5) is -0.0372. The van der Waals surface area contributed by atoms with E-state index in [4.69, 9.17) is 0 Å². The van der Waals surface area contributed by atoms with Gasteiger partial charge in [0.25, 0.3) is 10.0 Å². The van der Waals surface area contributed by atoms with Crippen molar-refractivity contribution in [1.29, 1.82) is 0 Å². The normalized spacial score (nSPS) is 11.2. The molecule has 0 atom stereocenters. The van der Waals surface area contributed by atoms with Crippen LogP contribution in [0.2, 0.25) is 0 Å². The smallest absolute Gasteiger partial charge is 0.263 e. The first-order valence-corrected chi connectivity index (χ1v) is 9.74. The predicted octanol–water partition coefficient (Wildman–Crippen LogP) is 3.65. The molecule has 140 valence electrons. The molecule has 0 radical (unpaired) electrons. The summed E-state index contributed by atoms with van der Waals surface area (Å²) in [6.07, 6.45) is 0. The molecule has 2 aromatic carbocycles. The van der Waals surface area contributed by atoms with Crippen LogP contribution in [-0.4, -0.2) is 18.6 Å². The minimum atomic E-state index is -3.87. The van der Waals surface area contributed by atoms with Gasteiger partial charge in [0.15, 0.2) is 5.82 Å². The number of sulfonamides is 1. The van der Waals surface area contributed by atoms with Gasteiger partial charge in [-0.15, -0.1) is 10.2 Å². The highest BCUT2D eigenvalue weighted by molar-refractivity contribution is 7.92. The highest BCUT2D eigenvalue weighted by Gasteiger charge is 2.16. The summed E-state index contributed by atoms with van der Waals surface area (Å²) in [5.74, 6) is 0.146. The lowest BCUT2D eigenvalue weighted by Crippen LogP contribution is -2.15. The average Bonchev–Trinajstić information content (AvgIpc) is 2.63. The van der Waals surface area contributed by atoms with Crippen molar-refractivity contribution in [3.8, 4) is 0 Å². The van der Waals surface area contributed by atoms with Gasteiger partial charge in [-0.25, -0.2) is 12.8 Å². The van der Waals surface area contributed by atoms with Gasteiger partial charge in [-0.3, -0.25) is 4.72 Å². The van der Waals surface area contributed by atoms with Crippen molar-refractivity contribution in [2.75, 3.05) is 10.0 Å². The van der Waals surface area contributed by atoms with E-state index >= 15 is 0 Å². The Morgan fingerprint density at radius 1 is 0.963 bits per heavy atom. The number of halogens is 1. The lowest BCUT2D eigenvalue weighted by molar-refractivity contribution is 0.598. The molecule has 3 aromatic rings. The number of anilines is 2. The van der Waals surface area contributed by atoms with E-state index in [1.165, 1.54) is 30.7 Å². The Morgan fingerprint density at radius 3 is 2.37 bits per heavy atom. The molecular formula is C19H19FN4O2S. The minimum absolute atomic E-state index is 0.0372. The Hall–Kier alpha value is -3.00. The van der Waals surface area contributed by atoms with Gasteiger partial charge in [0.2, 0.25) is 0 Å². The molecule has 1 aromatic heterocycles. The lowest BCUT2D eigenvalue weighted by atomic mass is 10.1. The van der Waals surface area contributed by atoms with Crippen LogP contribution in [0.5, 0.6) is 0 Å². The zero-order chi connectivity index (χ0) is 19.4. The first-order chi connectivity index (χ1) is 12.8. The SMILES string of the molecule is Cc1cccc(CNc2ccc(NS(=O)(=O)c3ccc(F)c(C)c3)nn2)c1. The summed E-state index contributed by atoms with van der Waals surface area (Å²) in [5.41, 5.74) is 2.52. The average molecular weight is 386 g/mol. The topological polar surface area (TPSA) is 84.0 Å². The fourth-order valence-electron chi connectivity index (χ4n) is 2.48. The van der Waals surface area contributed by atoms with Crippen molar-refractivity contribution in [2.24, 2.45) is 0 Å². The highest BCUT2D eigenvalue weighted by atomic mass is 32.2. The minimum Gasteiger partial charge on any atom is -0.365 e. The van der Waals surface area contributed by atoms with Crippen molar-refractivity contribution in [2.45, 2.75) is 25.3 Å². The molecule has 2 N–H and O–H groups in total. The second kappa shape index (κ2) is 7.71. The Bertz CT molecular complexity index is 1050. The van der Waals surface area contributed by atoms with Gasteiger partial charge in [0.05, 0.1) is 4.90 Å². The number of hydrogen-bond acceptors (Lipinski definition) is 5. The van der Waals surface area contributed by atoms with E-state index in [1.807, 2.05) is 25.1 Å². The van der Waals surface area contributed by atoms with Crippen LogP contribution >= 0.6 is 0 Å². The van der Waals surface area contributed by atoms with E-state index in [0.29, 0.717) is 12.4 Å². The van der Waals surface area contributed by atoms with Crippen LogP contribution in [0.15, 0.2) is 59.5 Å². The molecule has 27 heavy (non-hydrogen) atoms. The Morgan fingerprint density at radius 2 is 1.70 bits per heavy atom. The van der Waals surface area contributed by atoms with Crippen LogP contribution in [0.4, 0.5) is 16.0 Å². The zero-order valence-corrected chi connectivity index (χ0v) is 15.7. The van der Waals surface area contributed by atoms with Crippen molar-refractivity contribution >= 4 is 21.7 Å². The third-order valence-electron chi connectivity index (χ3n) is 3.90. The molecule has 0 amide bonds. The molecule has 0 saturated carbocycles. The van der Waals surface area contributed by atoms with E-state index in [1.54, 1.807) is 6.07 Å². The summed E-state index contributed by atoms with van der Waals surface area (Å²) >= 11 is 0. The van der Waals surface area contributed by atoms with Crippen LogP contribution in [0.1, 0.15) is 16.7 Å². The highest BCUT2D eigenvalue weighted by Crippen LogP contribution is 2.18. The van der Waals surface area contributed by atoms with E-state index in [2.05, 4.69) is 26.3 Å². The summed E-state index contributed by atoms with van der Waals surface area (Å²) < 4.78 is 40.4. The van der Waals surface area contributed by atoms with Gasteiger partial charge in [-0.1, -0.05) is 29.8 Å². The van der Waals surface area contributed by atoms with Crippen LogP contribution in [0, 0.1) is 19.7 Å². The molecule has 1 heterocycles. The second-order valence-corrected chi connectivity index (χ2v) is 7.85. The van der Waals surface area contributed by atoms with E-state index in [-0.39, 0.29) is 16.3 Å². The van der Waals surface area contributed by atoms with Crippen LogP contribution in [-0.2, 0) is 16.6 Å². The Balaban J connectivity index is 1.67. The van der Waals surface area contributed by atoms with Crippen molar-refractivity contribution < 1.29 is 12.8 Å². The number of nitrogens with one attached hydrogen (secondary N) is 2. The maximum absolute atomic E-state index is 13.3. The molecule has 8 heteroatoms. The van der Waals surface area contributed by atoms with Gasteiger partial charge >= 0.3 is 0 Å². The first-order valence-electron chi connectivity index (χ1n) is 8.25. The van der Waals surface area contributed by atoms with Crippen LogP contribution < -0.4 is 10.0 Å². The molecule has 0 spiro atoms. The molecule has 0 saturated heterocycles. The number of benzene rings is 2. The number of rotatable bonds is 6. The van der Waals surface area contributed by atoms with Crippen molar-refractivity contribution in [3.05, 3.63) is 77.1 Å².